The number of ether oxygens (including phenoxy) is 1. The molecule has 6 heteroatoms. The van der Waals surface area contributed by atoms with Crippen molar-refractivity contribution in [3.8, 4) is 16.8 Å². The molecule has 162 valence electrons. The Morgan fingerprint density at radius 1 is 0.938 bits per heavy atom. The molecule has 4 rings (SSSR count). The summed E-state index contributed by atoms with van der Waals surface area (Å²) in [7, 11) is 1.35. The maximum atomic E-state index is 13.0. The normalized spacial score (nSPS) is 10.8. The van der Waals surface area contributed by atoms with E-state index in [1.165, 1.54) is 24.0 Å². The molecule has 0 radical (unpaired) electrons. The molecule has 0 saturated carbocycles. The number of hydrogen-bond acceptors (Lipinski definition) is 4. The van der Waals surface area contributed by atoms with Gasteiger partial charge in [-0.3, -0.25) is 4.79 Å². The molecule has 32 heavy (non-hydrogen) atoms. The van der Waals surface area contributed by atoms with Gasteiger partial charge in [-0.05, 0) is 73.9 Å². The number of aryl methyl sites for hydroxylation is 3. The third-order valence-electron chi connectivity index (χ3n) is 5.53. The van der Waals surface area contributed by atoms with Crippen molar-refractivity contribution < 1.29 is 14.3 Å². The van der Waals surface area contributed by atoms with Gasteiger partial charge in [-0.1, -0.05) is 18.2 Å². The zero-order valence-electron chi connectivity index (χ0n) is 18.4. The Bertz CT molecular complexity index is 1290. The average Bonchev–Trinajstić information content (AvgIpc) is 3.43. The van der Waals surface area contributed by atoms with E-state index in [9.17, 15) is 9.59 Å². The zero-order valence-corrected chi connectivity index (χ0v) is 19.2. The molecule has 0 unspecified atom stereocenters. The van der Waals surface area contributed by atoms with E-state index < -0.39 is 5.97 Å². The van der Waals surface area contributed by atoms with E-state index in [-0.39, 0.29) is 5.91 Å². The van der Waals surface area contributed by atoms with Gasteiger partial charge in [-0.15, -0.1) is 11.3 Å². The van der Waals surface area contributed by atoms with Gasteiger partial charge in [0.2, 0.25) is 0 Å². The molecule has 0 spiro atoms. The molecule has 0 bridgehead atoms. The van der Waals surface area contributed by atoms with Crippen molar-refractivity contribution in [3.63, 3.8) is 0 Å². The summed E-state index contributed by atoms with van der Waals surface area (Å²) in [6.45, 7) is 6.04. The summed E-state index contributed by atoms with van der Waals surface area (Å²) in [5.41, 5.74) is 5.90. The van der Waals surface area contributed by atoms with Crippen LogP contribution in [-0.2, 0) is 4.74 Å². The number of nitrogens with one attached hydrogen (secondary N) is 1. The minimum atomic E-state index is -0.471. The van der Waals surface area contributed by atoms with E-state index in [1.54, 1.807) is 12.1 Å². The highest BCUT2D eigenvalue weighted by atomic mass is 32.1. The second-order valence-corrected chi connectivity index (χ2v) is 8.84. The van der Waals surface area contributed by atoms with Crippen molar-refractivity contribution in [1.29, 1.82) is 0 Å². The van der Waals surface area contributed by atoms with Gasteiger partial charge in [0.05, 0.1) is 7.11 Å². The Hall–Kier alpha value is -3.64. The fourth-order valence-corrected chi connectivity index (χ4v) is 4.70. The van der Waals surface area contributed by atoms with Crippen molar-refractivity contribution in [2.75, 3.05) is 12.4 Å². The van der Waals surface area contributed by atoms with Crippen LogP contribution < -0.4 is 5.32 Å². The van der Waals surface area contributed by atoms with Gasteiger partial charge in [0.25, 0.3) is 5.91 Å². The van der Waals surface area contributed by atoms with E-state index in [4.69, 9.17) is 4.74 Å². The molecule has 0 aliphatic heterocycles. The molecular weight excluding hydrogens is 420 g/mol. The number of methoxy groups -OCH3 is 1. The van der Waals surface area contributed by atoms with Gasteiger partial charge >= 0.3 is 5.97 Å². The van der Waals surface area contributed by atoms with Gasteiger partial charge in [-0.2, -0.15) is 0 Å². The Labute approximate surface area is 191 Å². The zero-order chi connectivity index (χ0) is 22.8. The van der Waals surface area contributed by atoms with Gasteiger partial charge in [0.15, 0.2) is 0 Å². The van der Waals surface area contributed by atoms with Crippen LogP contribution in [0.15, 0.2) is 67.0 Å². The lowest BCUT2D eigenvalue weighted by Gasteiger charge is -2.10. The third kappa shape index (κ3) is 4.09. The number of benzene rings is 2. The predicted molar refractivity (Wildman–Crippen MR) is 129 cm³/mol. The topological polar surface area (TPSA) is 60.3 Å². The van der Waals surface area contributed by atoms with Gasteiger partial charge in [0.1, 0.15) is 10.6 Å². The number of carbonyl (C=O) groups excluding carboxylic acids is 2. The van der Waals surface area contributed by atoms with Crippen molar-refractivity contribution in [2.45, 2.75) is 20.8 Å². The highest BCUT2D eigenvalue weighted by Gasteiger charge is 2.25. The van der Waals surface area contributed by atoms with Crippen LogP contribution >= 0.6 is 11.3 Å². The molecule has 1 N–H and O–H groups in total. The minimum Gasteiger partial charge on any atom is -0.465 e. The number of rotatable bonds is 5. The monoisotopic (exact) mass is 444 g/mol. The average molecular weight is 445 g/mol. The van der Waals surface area contributed by atoms with Gasteiger partial charge < -0.3 is 14.6 Å². The molecule has 1 amide bonds. The number of esters is 1. The lowest BCUT2D eigenvalue weighted by atomic mass is 9.97. The van der Waals surface area contributed by atoms with E-state index in [1.807, 2.05) is 74.1 Å². The van der Waals surface area contributed by atoms with Crippen LogP contribution in [-0.4, -0.2) is 23.6 Å². The Morgan fingerprint density at radius 2 is 1.62 bits per heavy atom. The first kappa shape index (κ1) is 21.6. The van der Waals surface area contributed by atoms with E-state index in [0.717, 1.165) is 27.3 Å². The highest BCUT2D eigenvalue weighted by Crippen LogP contribution is 2.41. The van der Waals surface area contributed by atoms with Crippen LogP contribution in [0.25, 0.3) is 16.8 Å². The van der Waals surface area contributed by atoms with E-state index >= 15 is 0 Å². The lowest BCUT2D eigenvalue weighted by Crippen LogP contribution is -2.14. The van der Waals surface area contributed by atoms with Crippen molar-refractivity contribution >= 4 is 28.2 Å². The predicted octanol–water partition coefficient (Wildman–Crippen LogP) is 6.17. The van der Waals surface area contributed by atoms with Crippen LogP contribution in [0, 0.1) is 20.8 Å². The molecule has 0 aliphatic carbocycles. The fraction of sp³-hybridized carbons (Fsp3) is 0.154. The maximum absolute atomic E-state index is 13.0. The molecule has 0 aliphatic rings. The molecule has 0 saturated heterocycles. The summed E-state index contributed by atoms with van der Waals surface area (Å²) in [6, 6.07) is 17.3. The molecule has 4 aromatic rings. The summed E-state index contributed by atoms with van der Waals surface area (Å²) >= 11 is 1.38. The number of aromatic nitrogens is 1. The molecule has 2 aromatic heterocycles. The summed E-state index contributed by atoms with van der Waals surface area (Å²) in [4.78, 5) is 26.6. The van der Waals surface area contributed by atoms with Crippen LogP contribution in [0.4, 0.5) is 5.00 Å². The minimum absolute atomic E-state index is 0.276. The smallest absolute Gasteiger partial charge is 0.341 e. The van der Waals surface area contributed by atoms with E-state index in [0.29, 0.717) is 16.1 Å². The Balaban J connectivity index is 1.68. The van der Waals surface area contributed by atoms with Crippen LogP contribution in [0.2, 0.25) is 0 Å². The van der Waals surface area contributed by atoms with Crippen molar-refractivity contribution in [3.05, 3.63) is 94.1 Å². The molecule has 2 heterocycles. The molecular formula is C26H24N2O3S. The van der Waals surface area contributed by atoms with Crippen LogP contribution in [0.1, 0.15) is 36.7 Å². The van der Waals surface area contributed by atoms with Crippen LogP contribution in [0.5, 0.6) is 0 Å². The van der Waals surface area contributed by atoms with Gasteiger partial charge in [0, 0.05) is 34.1 Å². The number of amides is 1. The molecule has 0 fully saturated rings. The largest absolute Gasteiger partial charge is 0.465 e. The summed E-state index contributed by atoms with van der Waals surface area (Å²) in [5.74, 6) is -0.747. The molecule has 0 atom stereocenters. The second-order valence-electron chi connectivity index (χ2n) is 7.62. The maximum Gasteiger partial charge on any atom is 0.341 e. The van der Waals surface area contributed by atoms with Crippen molar-refractivity contribution in [2.24, 2.45) is 0 Å². The molecule has 2 aromatic carbocycles. The number of hydrogen-bond donors (Lipinski definition) is 1. The van der Waals surface area contributed by atoms with Crippen molar-refractivity contribution in [1.82, 2.24) is 4.57 Å². The number of anilines is 1. The Kier molecular flexibility index (Phi) is 5.97. The second kappa shape index (κ2) is 8.85. The lowest BCUT2D eigenvalue weighted by molar-refractivity contribution is 0.0603. The number of nitrogens with zero attached hydrogens (tertiary/aromatic N) is 1. The first-order chi connectivity index (χ1) is 15.4. The van der Waals surface area contributed by atoms with Gasteiger partial charge in [-0.25, -0.2) is 4.79 Å². The van der Waals surface area contributed by atoms with E-state index in [2.05, 4.69) is 11.4 Å². The standard InChI is InChI=1S/C26H24N2O3S/c1-16-7-8-20(15-17(16)2)22-18(3)32-25(23(22)26(30)31-4)27-24(29)19-9-11-21(12-10-19)28-13-5-6-14-28/h5-15H,1-4H3,(H,27,29). The summed E-state index contributed by atoms with van der Waals surface area (Å²) in [5, 5.41) is 3.41. The fourth-order valence-electron chi connectivity index (χ4n) is 3.64. The third-order valence-corrected chi connectivity index (χ3v) is 6.55. The number of carbonyl (C=O) groups is 2. The molecule has 5 nitrogen and oxygen atoms in total. The SMILES string of the molecule is COC(=O)c1c(NC(=O)c2ccc(-n3cccc3)cc2)sc(C)c1-c1ccc(C)c(C)c1. The quantitative estimate of drug-likeness (QED) is 0.375. The summed E-state index contributed by atoms with van der Waals surface area (Å²) < 4.78 is 7.03. The number of thiophene rings is 1. The van der Waals surface area contributed by atoms with Crippen LogP contribution in [0.3, 0.4) is 0 Å². The highest BCUT2D eigenvalue weighted by molar-refractivity contribution is 7.17. The first-order valence-electron chi connectivity index (χ1n) is 10.2. The summed E-state index contributed by atoms with van der Waals surface area (Å²) in [6.07, 6.45) is 3.89. The Morgan fingerprint density at radius 3 is 2.25 bits per heavy atom. The first-order valence-corrected chi connectivity index (χ1v) is 11.0.